The number of aliphatic imine (C=N–C) groups is 1. The normalized spacial score (nSPS) is 21.2. The number of guanidine groups is 1. The number of esters is 1. The molecule has 0 aliphatic carbocycles. The van der Waals surface area contributed by atoms with Crippen LogP contribution in [0.1, 0.15) is 25.7 Å². The Morgan fingerprint density at radius 1 is 1.15 bits per heavy atom. The van der Waals surface area contributed by atoms with Crippen LogP contribution in [-0.4, -0.2) is 82.7 Å². The first-order valence-electron chi connectivity index (χ1n) is 8.83. The molecule has 0 amide bonds. The first-order valence-corrected chi connectivity index (χ1v) is 10.7. The maximum absolute atomic E-state index is 11.6. The molecule has 0 aromatic rings. The van der Waals surface area contributed by atoms with Crippen LogP contribution in [0.5, 0.6) is 0 Å². The van der Waals surface area contributed by atoms with E-state index < -0.39 is 10.0 Å². The lowest BCUT2D eigenvalue weighted by Gasteiger charge is -2.35. The van der Waals surface area contributed by atoms with Gasteiger partial charge < -0.3 is 15.0 Å². The summed E-state index contributed by atoms with van der Waals surface area (Å²) >= 11 is 0. The third-order valence-electron chi connectivity index (χ3n) is 5.13. The second-order valence-corrected chi connectivity index (χ2v) is 8.80. The molecule has 0 atom stereocenters. The number of carbonyl (C=O) groups is 1. The first-order chi connectivity index (χ1) is 11.8. The average molecular weight is 502 g/mol. The van der Waals surface area contributed by atoms with Crippen molar-refractivity contribution < 1.29 is 17.9 Å². The highest BCUT2D eigenvalue weighted by Crippen LogP contribution is 2.20. The Hall–Kier alpha value is -0.620. The minimum absolute atomic E-state index is 0. The number of likely N-dealkylation sites (tertiary alicyclic amines) is 1. The molecule has 0 bridgehead atoms. The lowest BCUT2D eigenvalue weighted by atomic mass is 9.97. The Kier molecular flexibility index (Phi) is 9.59. The number of carbonyl (C=O) groups excluding carboxylic acids is 1. The number of halogens is 1. The van der Waals surface area contributed by atoms with Crippen LogP contribution in [0.15, 0.2) is 4.99 Å². The summed E-state index contributed by atoms with van der Waals surface area (Å²) in [4.78, 5) is 18.1. The predicted molar refractivity (Wildman–Crippen MR) is 112 cm³/mol. The Bertz CT molecular complexity index is 583. The molecular formula is C16H31IN4O4S. The van der Waals surface area contributed by atoms with Crippen molar-refractivity contribution >= 4 is 45.9 Å². The standard InChI is InChI=1S/C16H30N4O4S.HI/c1-17-16(19-8-6-14(7-9-19)15(21)24-2)18-12-13-4-10-20(11-5-13)25(3,22)23;/h13-14H,4-12H2,1-3H3,(H,17,18);1H. The number of hydrogen-bond acceptors (Lipinski definition) is 5. The Morgan fingerprint density at radius 3 is 2.19 bits per heavy atom. The minimum atomic E-state index is -3.07. The molecule has 2 fully saturated rings. The van der Waals surface area contributed by atoms with Crippen molar-refractivity contribution in [2.45, 2.75) is 25.7 Å². The fourth-order valence-corrected chi connectivity index (χ4v) is 4.38. The number of nitrogens with zero attached hydrogens (tertiary/aromatic N) is 3. The van der Waals surface area contributed by atoms with Crippen LogP contribution in [0.3, 0.4) is 0 Å². The monoisotopic (exact) mass is 502 g/mol. The number of sulfonamides is 1. The maximum Gasteiger partial charge on any atom is 0.308 e. The smallest absolute Gasteiger partial charge is 0.308 e. The number of methoxy groups -OCH3 is 1. The van der Waals surface area contributed by atoms with E-state index in [1.165, 1.54) is 13.4 Å². The van der Waals surface area contributed by atoms with Gasteiger partial charge in [-0.25, -0.2) is 12.7 Å². The van der Waals surface area contributed by atoms with Gasteiger partial charge in [0.2, 0.25) is 10.0 Å². The van der Waals surface area contributed by atoms with E-state index in [0.717, 1.165) is 51.3 Å². The average Bonchev–Trinajstić information content (AvgIpc) is 2.61. The van der Waals surface area contributed by atoms with Crippen molar-refractivity contribution in [3.63, 3.8) is 0 Å². The number of hydrogen-bond donors (Lipinski definition) is 1. The summed E-state index contributed by atoms with van der Waals surface area (Å²) in [6.45, 7) is 3.54. The Morgan fingerprint density at radius 2 is 1.73 bits per heavy atom. The van der Waals surface area contributed by atoms with Gasteiger partial charge in [-0.1, -0.05) is 0 Å². The number of piperidine rings is 2. The lowest BCUT2D eigenvalue weighted by molar-refractivity contribution is -0.146. The molecule has 10 heteroatoms. The highest BCUT2D eigenvalue weighted by atomic mass is 127. The number of rotatable bonds is 4. The van der Waals surface area contributed by atoms with E-state index in [0.29, 0.717) is 19.0 Å². The van der Waals surface area contributed by atoms with Crippen molar-refractivity contribution in [2.75, 3.05) is 53.1 Å². The summed E-state index contributed by atoms with van der Waals surface area (Å²) in [5, 5.41) is 3.41. The molecule has 26 heavy (non-hydrogen) atoms. The van der Waals surface area contributed by atoms with Gasteiger partial charge in [-0.2, -0.15) is 0 Å². The zero-order valence-electron chi connectivity index (χ0n) is 15.8. The molecule has 0 spiro atoms. The third kappa shape index (κ3) is 6.52. The molecule has 2 aliphatic rings. The second-order valence-electron chi connectivity index (χ2n) is 6.82. The Labute approximate surface area is 173 Å². The van der Waals surface area contributed by atoms with E-state index in [2.05, 4.69) is 15.2 Å². The minimum Gasteiger partial charge on any atom is -0.469 e. The van der Waals surface area contributed by atoms with Gasteiger partial charge in [0, 0.05) is 39.8 Å². The first kappa shape index (κ1) is 23.4. The summed E-state index contributed by atoms with van der Waals surface area (Å²) in [7, 11) is 0.126. The zero-order chi connectivity index (χ0) is 18.4. The zero-order valence-corrected chi connectivity index (χ0v) is 19.0. The second kappa shape index (κ2) is 10.6. The molecule has 0 radical (unpaired) electrons. The SMILES string of the molecule is CN=C(NCC1CCN(S(C)(=O)=O)CC1)N1CCC(C(=O)OC)CC1.I. The van der Waals surface area contributed by atoms with Crippen molar-refractivity contribution in [2.24, 2.45) is 16.8 Å². The summed E-state index contributed by atoms with van der Waals surface area (Å²) < 4.78 is 29.5. The molecule has 2 rings (SSSR count). The molecule has 152 valence electrons. The van der Waals surface area contributed by atoms with Crippen LogP contribution in [0.4, 0.5) is 0 Å². The molecule has 8 nitrogen and oxygen atoms in total. The van der Waals surface area contributed by atoms with Gasteiger partial charge >= 0.3 is 5.97 Å². The van der Waals surface area contributed by atoms with Crippen LogP contribution in [0.2, 0.25) is 0 Å². The van der Waals surface area contributed by atoms with E-state index in [-0.39, 0.29) is 35.9 Å². The van der Waals surface area contributed by atoms with Crippen molar-refractivity contribution in [3.8, 4) is 0 Å². The molecule has 0 saturated carbocycles. The third-order valence-corrected chi connectivity index (χ3v) is 6.44. The molecule has 0 aromatic carbocycles. The van der Waals surface area contributed by atoms with Gasteiger partial charge in [-0.15, -0.1) is 24.0 Å². The largest absolute Gasteiger partial charge is 0.469 e. The molecule has 0 aromatic heterocycles. The topological polar surface area (TPSA) is 91.3 Å². The summed E-state index contributed by atoms with van der Waals surface area (Å²) in [6, 6.07) is 0. The number of ether oxygens (including phenoxy) is 1. The van der Waals surface area contributed by atoms with E-state index in [4.69, 9.17) is 4.74 Å². The van der Waals surface area contributed by atoms with E-state index >= 15 is 0 Å². The van der Waals surface area contributed by atoms with Crippen molar-refractivity contribution in [1.29, 1.82) is 0 Å². The summed E-state index contributed by atoms with van der Waals surface area (Å²) in [5.41, 5.74) is 0. The highest BCUT2D eigenvalue weighted by molar-refractivity contribution is 14.0. The Balaban J connectivity index is 0.00000338. The quantitative estimate of drug-likeness (QED) is 0.264. The van der Waals surface area contributed by atoms with Crippen molar-refractivity contribution in [1.82, 2.24) is 14.5 Å². The molecule has 2 heterocycles. The van der Waals surface area contributed by atoms with E-state index in [9.17, 15) is 13.2 Å². The van der Waals surface area contributed by atoms with Gasteiger partial charge in [-0.3, -0.25) is 9.79 Å². The van der Waals surface area contributed by atoms with Gasteiger partial charge in [0.25, 0.3) is 0 Å². The highest BCUT2D eigenvalue weighted by Gasteiger charge is 2.28. The summed E-state index contributed by atoms with van der Waals surface area (Å²) in [5.74, 6) is 1.16. The van der Waals surface area contributed by atoms with Gasteiger partial charge in [0.15, 0.2) is 5.96 Å². The molecule has 1 N–H and O–H groups in total. The van der Waals surface area contributed by atoms with Gasteiger partial charge in [-0.05, 0) is 31.6 Å². The molecular weight excluding hydrogens is 471 g/mol. The van der Waals surface area contributed by atoms with Gasteiger partial charge in [0.05, 0.1) is 19.3 Å². The predicted octanol–water partition coefficient (Wildman–Crippen LogP) is 0.736. The van der Waals surface area contributed by atoms with Crippen LogP contribution < -0.4 is 5.32 Å². The van der Waals surface area contributed by atoms with E-state index in [1.807, 2.05) is 0 Å². The van der Waals surface area contributed by atoms with Crippen molar-refractivity contribution in [3.05, 3.63) is 0 Å². The van der Waals surface area contributed by atoms with Crippen LogP contribution in [0, 0.1) is 11.8 Å². The van der Waals surface area contributed by atoms with Crippen LogP contribution in [-0.2, 0) is 19.6 Å². The number of nitrogens with one attached hydrogen (secondary N) is 1. The van der Waals surface area contributed by atoms with Crippen LogP contribution in [0.25, 0.3) is 0 Å². The molecule has 2 aliphatic heterocycles. The fourth-order valence-electron chi connectivity index (χ4n) is 3.51. The maximum atomic E-state index is 11.6. The van der Waals surface area contributed by atoms with Crippen LogP contribution >= 0.6 is 24.0 Å². The van der Waals surface area contributed by atoms with E-state index in [1.54, 1.807) is 11.4 Å². The van der Waals surface area contributed by atoms with Gasteiger partial charge in [0.1, 0.15) is 0 Å². The molecule has 0 unspecified atom stereocenters. The summed E-state index contributed by atoms with van der Waals surface area (Å²) in [6.07, 6.45) is 4.55. The lowest BCUT2D eigenvalue weighted by Crippen LogP contribution is -2.48. The fraction of sp³-hybridized carbons (Fsp3) is 0.875. The molecule has 2 saturated heterocycles.